The fourth-order valence-electron chi connectivity index (χ4n) is 7.67. The molecular weight excluding hydrogens is 348 g/mol. The quantitative estimate of drug-likeness (QED) is 0.672. The van der Waals surface area contributed by atoms with Gasteiger partial charge in [-0.25, -0.2) is 0 Å². The molecule has 3 heteroatoms. The van der Waals surface area contributed by atoms with Crippen LogP contribution in [0, 0.1) is 23.7 Å². The highest BCUT2D eigenvalue weighted by molar-refractivity contribution is 5.81. The number of rotatable bonds is 3. The molecule has 2 N–H and O–H groups in total. The summed E-state index contributed by atoms with van der Waals surface area (Å²) < 4.78 is 0. The molecule has 6 rings (SSSR count). The normalized spacial score (nSPS) is 39.3. The molecule has 5 saturated carbocycles. The molecule has 2 atom stereocenters. The van der Waals surface area contributed by atoms with Crippen molar-refractivity contribution < 1.29 is 15.0 Å². The number of phenols is 2. The lowest BCUT2D eigenvalue weighted by Crippen LogP contribution is -2.48. The molecule has 4 bridgehead atoms. The summed E-state index contributed by atoms with van der Waals surface area (Å²) in [5.41, 5.74) is 2.86. The first-order chi connectivity index (χ1) is 13.3. The van der Waals surface area contributed by atoms with Gasteiger partial charge in [-0.3, -0.25) is 4.79 Å². The molecule has 0 heterocycles. The minimum Gasteiger partial charge on any atom is -0.508 e. The summed E-state index contributed by atoms with van der Waals surface area (Å²) in [7, 11) is 0. The summed E-state index contributed by atoms with van der Waals surface area (Å²) in [5.74, 6) is 3.00. The average Bonchev–Trinajstić information content (AvgIpc) is 2.59. The summed E-state index contributed by atoms with van der Waals surface area (Å²) in [6.45, 7) is 6.10. The molecule has 3 nitrogen and oxygen atoms in total. The lowest BCUT2D eigenvalue weighted by Gasteiger charge is -2.57. The second-order valence-corrected chi connectivity index (χ2v) is 10.5. The topological polar surface area (TPSA) is 57.5 Å². The Morgan fingerprint density at radius 1 is 1.04 bits per heavy atom. The summed E-state index contributed by atoms with van der Waals surface area (Å²) in [6.07, 6.45) is 9.44. The highest BCUT2D eigenvalue weighted by atomic mass is 16.3. The van der Waals surface area contributed by atoms with Crippen molar-refractivity contribution in [2.45, 2.75) is 76.0 Å². The summed E-state index contributed by atoms with van der Waals surface area (Å²) >= 11 is 0. The fraction of sp³-hybridized carbons (Fsp3) is 0.640. The van der Waals surface area contributed by atoms with Gasteiger partial charge >= 0.3 is 0 Å². The van der Waals surface area contributed by atoms with E-state index in [1.165, 1.54) is 38.5 Å². The Balaban J connectivity index is 1.53. The molecule has 5 fully saturated rings. The minimum atomic E-state index is -0.163. The van der Waals surface area contributed by atoms with Crippen LogP contribution in [0.2, 0.25) is 0 Å². The van der Waals surface area contributed by atoms with E-state index in [1.54, 1.807) is 0 Å². The van der Waals surface area contributed by atoms with E-state index < -0.39 is 0 Å². The van der Waals surface area contributed by atoms with Crippen LogP contribution in [0.25, 0.3) is 0 Å². The average molecular weight is 381 g/mol. The fourth-order valence-corrected chi connectivity index (χ4v) is 7.67. The molecule has 1 aromatic rings. The Labute approximate surface area is 167 Å². The first-order valence-corrected chi connectivity index (χ1v) is 11.1. The van der Waals surface area contributed by atoms with E-state index in [4.69, 9.17) is 0 Å². The number of phenolic OH excluding ortho intramolecular Hbond substituents is 2. The number of hydrogen-bond donors (Lipinski definition) is 2. The zero-order valence-electron chi connectivity index (χ0n) is 16.9. The molecule has 5 aliphatic rings. The molecule has 0 spiro atoms. The Kier molecular flexibility index (Phi) is 4.16. The van der Waals surface area contributed by atoms with Crippen LogP contribution in [0.5, 0.6) is 11.5 Å². The van der Waals surface area contributed by atoms with Gasteiger partial charge in [0.15, 0.2) is 0 Å². The van der Waals surface area contributed by atoms with E-state index in [1.807, 2.05) is 19.1 Å². The van der Waals surface area contributed by atoms with Crippen LogP contribution in [0.3, 0.4) is 0 Å². The van der Waals surface area contributed by atoms with Gasteiger partial charge in [0.25, 0.3) is 0 Å². The van der Waals surface area contributed by atoms with Crippen LogP contribution >= 0.6 is 0 Å². The van der Waals surface area contributed by atoms with E-state index in [9.17, 15) is 15.0 Å². The second kappa shape index (κ2) is 6.37. The van der Waals surface area contributed by atoms with Gasteiger partial charge in [-0.05, 0) is 98.7 Å². The highest BCUT2D eigenvalue weighted by Gasteiger charge is 2.52. The molecule has 5 aliphatic carbocycles. The van der Waals surface area contributed by atoms with Gasteiger partial charge < -0.3 is 10.2 Å². The molecular formula is C25H32O3. The van der Waals surface area contributed by atoms with Crippen molar-refractivity contribution in [3.8, 4) is 11.5 Å². The van der Waals surface area contributed by atoms with Crippen LogP contribution < -0.4 is 0 Å². The molecule has 1 aromatic carbocycles. The van der Waals surface area contributed by atoms with Gasteiger partial charge in [0.05, 0.1) is 0 Å². The maximum atomic E-state index is 12.1. The molecule has 0 aromatic heterocycles. The number of ketones is 1. The number of aromatic hydroxyl groups is 2. The number of allylic oxidation sites excluding steroid dienone is 1. The lowest BCUT2D eigenvalue weighted by molar-refractivity contribution is -0.121. The van der Waals surface area contributed by atoms with Crippen molar-refractivity contribution in [3.63, 3.8) is 0 Å². The third kappa shape index (κ3) is 2.81. The van der Waals surface area contributed by atoms with E-state index in [0.717, 1.165) is 35.3 Å². The maximum absolute atomic E-state index is 12.1. The van der Waals surface area contributed by atoms with Gasteiger partial charge in [0.2, 0.25) is 0 Å². The van der Waals surface area contributed by atoms with E-state index in [2.05, 4.69) is 6.58 Å². The van der Waals surface area contributed by atoms with Gasteiger partial charge in [-0.1, -0.05) is 12.2 Å². The molecule has 28 heavy (non-hydrogen) atoms. The van der Waals surface area contributed by atoms with Crippen LogP contribution in [-0.4, -0.2) is 16.0 Å². The lowest BCUT2D eigenvalue weighted by atomic mass is 9.48. The highest BCUT2D eigenvalue weighted by Crippen LogP contribution is 2.61. The van der Waals surface area contributed by atoms with E-state index in [-0.39, 0.29) is 34.5 Å². The number of Topliss-reactive ketones (excluding diaryl/α,β-unsaturated/α-hetero) is 1. The third-order valence-corrected chi connectivity index (χ3v) is 8.46. The summed E-state index contributed by atoms with van der Waals surface area (Å²) in [5, 5.41) is 22.0. The predicted molar refractivity (Wildman–Crippen MR) is 110 cm³/mol. The Morgan fingerprint density at radius 2 is 1.57 bits per heavy atom. The number of carbonyl (C=O) groups excluding carboxylic acids is 1. The van der Waals surface area contributed by atoms with Crippen molar-refractivity contribution in [2.24, 2.45) is 23.7 Å². The van der Waals surface area contributed by atoms with Crippen LogP contribution in [0.1, 0.15) is 81.8 Å². The zero-order chi connectivity index (χ0) is 19.6. The molecule has 0 saturated heterocycles. The Morgan fingerprint density at radius 3 is 2.07 bits per heavy atom. The summed E-state index contributed by atoms with van der Waals surface area (Å²) in [6, 6.07) is 3.85. The van der Waals surface area contributed by atoms with Crippen LogP contribution in [0.15, 0.2) is 24.3 Å². The molecule has 0 amide bonds. The van der Waals surface area contributed by atoms with Gasteiger partial charge in [0.1, 0.15) is 17.3 Å². The first kappa shape index (κ1) is 18.3. The molecule has 0 aliphatic heterocycles. The minimum absolute atomic E-state index is 0.137. The Hall–Kier alpha value is -1.77. The van der Waals surface area contributed by atoms with Crippen LogP contribution in [0.4, 0.5) is 0 Å². The smallest absolute Gasteiger partial charge is 0.133 e. The van der Waals surface area contributed by atoms with Gasteiger partial charge in [-0.15, -0.1) is 0 Å². The van der Waals surface area contributed by atoms with Crippen LogP contribution in [-0.2, 0) is 10.2 Å². The molecule has 150 valence electrons. The van der Waals surface area contributed by atoms with E-state index >= 15 is 0 Å². The second-order valence-electron chi connectivity index (χ2n) is 10.5. The molecule has 0 unspecified atom stereocenters. The standard InChI is InChI=1S/C25H32O3/c1-14(2)20-4-3-19(26)10-21(20)24-22(27)8-18(9-23(24)28)25-11-15-5-16(12-25)7-17(6-15)13-25/h8-9,15-17,20-21,27-28H,1,3-7,10-13H2,2H3/t15?,16?,17?,20-,21+,25?/m0/s1. The van der Waals surface area contributed by atoms with Crippen molar-refractivity contribution in [1.29, 1.82) is 0 Å². The molecule has 0 radical (unpaired) electrons. The Bertz CT molecular complexity index is 778. The van der Waals surface area contributed by atoms with Crippen molar-refractivity contribution in [1.82, 2.24) is 0 Å². The number of hydrogen-bond acceptors (Lipinski definition) is 3. The number of carbonyl (C=O) groups is 1. The SMILES string of the molecule is C=C(C)[C@@H]1CCC(=O)C[C@H]1c1c(O)cc(C23CC4CC(CC(C4)C2)C3)cc1O. The maximum Gasteiger partial charge on any atom is 0.133 e. The van der Waals surface area contributed by atoms with Crippen molar-refractivity contribution in [2.75, 3.05) is 0 Å². The first-order valence-electron chi connectivity index (χ1n) is 11.1. The predicted octanol–water partition coefficient (Wildman–Crippen LogP) is 5.59. The number of benzene rings is 1. The van der Waals surface area contributed by atoms with Gasteiger partial charge in [-0.2, -0.15) is 0 Å². The van der Waals surface area contributed by atoms with Gasteiger partial charge in [0, 0.05) is 24.3 Å². The third-order valence-electron chi connectivity index (χ3n) is 8.46. The zero-order valence-corrected chi connectivity index (χ0v) is 16.9. The van der Waals surface area contributed by atoms with E-state index in [0.29, 0.717) is 18.4 Å². The largest absolute Gasteiger partial charge is 0.508 e. The van der Waals surface area contributed by atoms with Crippen molar-refractivity contribution >= 4 is 5.78 Å². The summed E-state index contributed by atoms with van der Waals surface area (Å²) in [4.78, 5) is 12.1. The monoisotopic (exact) mass is 380 g/mol. The van der Waals surface area contributed by atoms with Crippen molar-refractivity contribution in [3.05, 3.63) is 35.4 Å².